The highest BCUT2D eigenvalue weighted by Gasteiger charge is 2.21. The van der Waals surface area contributed by atoms with Gasteiger partial charge in [-0.1, -0.05) is 6.07 Å². The molecular formula is C15H23NO2. The minimum Gasteiger partial charge on any atom is -0.493 e. The van der Waals surface area contributed by atoms with E-state index >= 15 is 0 Å². The third-order valence-corrected chi connectivity index (χ3v) is 3.73. The molecule has 1 aromatic rings. The zero-order valence-corrected chi connectivity index (χ0v) is 11.3. The Balaban J connectivity index is 2.15. The smallest absolute Gasteiger partial charge is 0.161 e. The van der Waals surface area contributed by atoms with Crippen molar-refractivity contribution in [3.05, 3.63) is 23.8 Å². The van der Waals surface area contributed by atoms with Crippen molar-refractivity contribution < 1.29 is 9.47 Å². The standard InChI is InChI=1S/C15H23NO2/c1-3-18-15-10-12(6-9-14(15)17-2)11-4-7-13(16)8-5-11/h6,9-11,13H,3-5,7-8,16H2,1-2H3. The van der Waals surface area contributed by atoms with Crippen LogP contribution >= 0.6 is 0 Å². The predicted molar refractivity (Wildman–Crippen MR) is 73.3 cm³/mol. The van der Waals surface area contributed by atoms with Crippen LogP contribution in [0.1, 0.15) is 44.1 Å². The molecule has 0 saturated heterocycles. The van der Waals surface area contributed by atoms with Crippen LogP contribution in [0, 0.1) is 0 Å². The second-order valence-corrected chi connectivity index (χ2v) is 4.96. The van der Waals surface area contributed by atoms with E-state index in [2.05, 4.69) is 12.1 Å². The Hall–Kier alpha value is -1.22. The molecule has 3 heteroatoms. The van der Waals surface area contributed by atoms with Gasteiger partial charge in [-0.05, 0) is 56.2 Å². The van der Waals surface area contributed by atoms with Crippen LogP contribution in [0.25, 0.3) is 0 Å². The lowest BCUT2D eigenvalue weighted by molar-refractivity contribution is 0.309. The molecule has 2 N–H and O–H groups in total. The summed E-state index contributed by atoms with van der Waals surface area (Å²) < 4.78 is 10.9. The summed E-state index contributed by atoms with van der Waals surface area (Å²) in [5.74, 6) is 2.29. The van der Waals surface area contributed by atoms with Gasteiger partial charge in [0.05, 0.1) is 13.7 Å². The summed E-state index contributed by atoms with van der Waals surface area (Å²) in [5.41, 5.74) is 7.31. The van der Waals surface area contributed by atoms with E-state index in [1.54, 1.807) is 7.11 Å². The number of methoxy groups -OCH3 is 1. The minimum atomic E-state index is 0.394. The Morgan fingerprint density at radius 1 is 1.17 bits per heavy atom. The van der Waals surface area contributed by atoms with Gasteiger partial charge in [-0.2, -0.15) is 0 Å². The molecule has 1 fully saturated rings. The summed E-state index contributed by atoms with van der Waals surface area (Å²) in [6, 6.07) is 6.69. The van der Waals surface area contributed by atoms with Crippen LogP contribution in [0.15, 0.2) is 18.2 Å². The molecule has 0 aromatic heterocycles. The zero-order valence-electron chi connectivity index (χ0n) is 11.3. The largest absolute Gasteiger partial charge is 0.493 e. The molecule has 1 aromatic carbocycles. The van der Waals surface area contributed by atoms with Crippen molar-refractivity contribution in [2.75, 3.05) is 13.7 Å². The van der Waals surface area contributed by atoms with Gasteiger partial charge in [0, 0.05) is 6.04 Å². The van der Waals surface area contributed by atoms with Gasteiger partial charge < -0.3 is 15.2 Å². The molecule has 1 saturated carbocycles. The molecule has 0 radical (unpaired) electrons. The Labute approximate surface area is 109 Å². The molecule has 100 valence electrons. The second kappa shape index (κ2) is 6.10. The van der Waals surface area contributed by atoms with Crippen LogP contribution in [0.4, 0.5) is 0 Å². The van der Waals surface area contributed by atoms with Gasteiger partial charge in [0.25, 0.3) is 0 Å². The molecule has 0 heterocycles. The van der Waals surface area contributed by atoms with Crippen LogP contribution in [0.3, 0.4) is 0 Å². The summed E-state index contributed by atoms with van der Waals surface area (Å²) in [6.45, 7) is 2.65. The van der Waals surface area contributed by atoms with Crippen molar-refractivity contribution in [1.82, 2.24) is 0 Å². The van der Waals surface area contributed by atoms with E-state index in [1.165, 1.54) is 18.4 Å². The first kappa shape index (κ1) is 13.2. The monoisotopic (exact) mass is 249 g/mol. The molecule has 2 rings (SSSR count). The summed E-state index contributed by atoms with van der Waals surface area (Å²) in [5, 5.41) is 0. The Morgan fingerprint density at radius 2 is 1.89 bits per heavy atom. The van der Waals surface area contributed by atoms with E-state index in [-0.39, 0.29) is 0 Å². The summed E-state index contributed by atoms with van der Waals surface area (Å²) >= 11 is 0. The lowest BCUT2D eigenvalue weighted by Gasteiger charge is -2.26. The van der Waals surface area contributed by atoms with Crippen LogP contribution in [0.2, 0.25) is 0 Å². The van der Waals surface area contributed by atoms with E-state index in [0.29, 0.717) is 18.6 Å². The average Bonchev–Trinajstić information content (AvgIpc) is 2.40. The highest BCUT2D eigenvalue weighted by Crippen LogP contribution is 2.36. The van der Waals surface area contributed by atoms with Crippen LogP contribution in [-0.4, -0.2) is 19.8 Å². The number of nitrogens with two attached hydrogens (primary N) is 1. The average molecular weight is 249 g/mol. The lowest BCUT2D eigenvalue weighted by atomic mass is 9.82. The van der Waals surface area contributed by atoms with Crippen molar-refractivity contribution in [1.29, 1.82) is 0 Å². The molecule has 0 bridgehead atoms. The molecule has 0 atom stereocenters. The van der Waals surface area contributed by atoms with Gasteiger partial charge in [-0.15, -0.1) is 0 Å². The third kappa shape index (κ3) is 2.96. The van der Waals surface area contributed by atoms with E-state index < -0.39 is 0 Å². The summed E-state index contributed by atoms with van der Waals surface area (Å²) in [6.07, 6.45) is 4.61. The fourth-order valence-electron chi connectivity index (χ4n) is 2.67. The number of hydrogen-bond donors (Lipinski definition) is 1. The van der Waals surface area contributed by atoms with Gasteiger partial charge in [0.2, 0.25) is 0 Å². The molecule has 3 nitrogen and oxygen atoms in total. The maximum atomic E-state index is 5.95. The van der Waals surface area contributed by atoms with Gasteiger partial charge >= 0.3 is 0 Å². The van der Waals surface area contributed by atoms with E-state index in [9.17, 15) is 0 Å². The fourth-order valence-corrected chi connectivity index (χ4v) is 2.67. The zero-order chi connectivity index (χ0) is 13.0. The number of rotatable bonds is 4. The molecule has 1 aliphatic rings. The minimum absolute atomic E-state index is 0.394. The fraction of sp³-hybridized carbons (Fsp3) is 0.600. The van der Waals surface area contributed by atoms with Crippen molar-refractivity contribution in [3.8, 4) is 11.5 Å². The summed E-state index contributed by atoms with van der Waals surface area (Å²) in [4.78, 5) is 0. The van der Waals surface area contributed by atoms with Gasteiger partial charge in [0.15, 0.2) is 11.5 Å². The van der Waals surface area contributed by atoms with Gasteiger partial charge in [-0.3, -0.25) is 0 Å². The SMILES string of the molecule is CCOc1cc(C2CCC(N)CC2)ccc1OC. The molecule has 0 amide bonds. The first-order chi connectivity index (χ1) is 8.74. The van der Waals surface area contributed by atoms with Crippen molar-refractivity contribution in [2.24, 2.45) is 5.73 Å². The maximum absolute atomic E-state index is 5.95. The van der Waals surface area contributed by atoms with Gasteiger partial charge in [0.1, 0.15) is 0 Å². The maximum Gasteiger partial charge on any atom is 0.161 e. The molecule has 0 aliphatic heterocycles. The highest BCUT2D eigenvalue weighted by atomic mass is 16.5. The molecular weight excluding hydrogens is 226 g/mol. The van der Waals surface area contributed by atoms with Crippen molar-refractivity contribution in [3.63, 3.8) is 0 Å². The quantitative estimate of drug-likeness (QED) is 0.892. The Bertz CT molecular complexity index is 384. The lowest BCUT2D eigenvalue weighted by Crippen LogP contribution is -2.25. The summed E-state index contributed by atoms with van der Waals surface area (Å²) in [7, 11) is 1.68. The number of benzene rings is 1. The van der Waals surface area contributed by atoms with Gasteiger partial charge in [-0.25, -0.2) is 0 Å². The van der Waals surface area contributed by atoms with E-state index in [4.69, 9.17) is 15.2 Å². The molecule has 18 heavy (non-hydrogen) atoms. The number of ether oxygens (including phenoxy) is 2. The molecule has 0 unspecified atom stereocenters. The normalized spacial score (nSPS) is 23.7. The highest BCUT2D eigenvalue weighted by molar-refractivity contribution is 5.44. The van der Waals surface area contributed by atoms with E-state index in [1.807, 2.05) is 13.0 Å². The number of hydrogen-bond acceptors (Lipinski definition) is 3. The topological polar surface area (TPSA) is 44.5 Å². The second-order valence-electron chi connectivity index (χ2n) is 4.96. The molecule has 1 aliphatic carbocycles. The Morgan fingerprint density at radius 3 is 2.50 bits per heavy atom. The van der Waals surface area contributed by atoms with Crippen molar-refractivity contribution >= 4 is 0 Å². The third-order valence-electron chi connectivity index (χ3n) is 3.73. The predicted octanol–water partition coefficient (Wildman–Crippen LogP) is 3.08. The first-order valence-corrected chi connectivity index (χ1v) is 6.81. The first-order valence-electron chi connectivity index (χ1n) is 6.81. The molecule has 0 spiro atoms. The van der Waals surface area contributed by atoms with Crippen LogP contribution in [-0.2, 0) is 0 Å². The van der Waals surface area contributed by atoms with E-state index in [0.717, 1.165) is 24.3 Å². The van der Waals surface area contributed by atoms with Crippen LogP contribution < -0.4 is 15.2 Å². The Kier molecular flexibility index (Phi) is 4.48. The van der Waals surface area contributed by atoms with Crippen molar-refractivity contribution in [2.45, 2.75) is 44.6 Å². The van der Waals surface area contributed by atoms with Crippen LogP contribution in [0.5, 0.6) is 11.5 Å².